The molecule has 0 aromatic carbocycles. The van der Waals surface area contributed by atoms with Gasteiger partial charge in [-0.1, -0.05) is 11.6 Å². The second-order valence-electron chi connectivity index (χ2n) is 3.05. The summed E-state index contributed by atoms with van der Waals surface area (Å²) in [6.07, 6.45) is 3.11. The Hall–Kier alpha value is -1.88. The first-order chi connectivity index (χ1) is 7.70. The van der Waals surface area contributed by atoms with Gasteiger partial charge in [-0.2, -0.15) is 5.10 Å². The van der Waals surface area contributed by atoms with Crippen LogP contribution < -0.4 is 10.3 Å². The summed E-state index contributed by atoms with van der Waals surface area (Å²) in [6, 6.07) is 3.19. The number of nitrogens with zero attached hydrogens (tertiary/aromatic N) is 2. The third-order valence-corrected chi connectivity index (χ3v) is 2.23. The molecular formula is C10H8ClN3O2. The van der Waals surface area contributed by atoms with Crippen LogP contribution in [0.3, 0.4) is 0 Å². The van der Waals surface area contributed by atoms with Crippen LogP contribution in [0.5, 0.6) is 5.75 Å². The molecule has 0 aliphatic heterocycles. The fraction of sp³-hybridized carbons (Fsp3) is 0.100. The van der Waals surface area contributed by atoms with Gasteiger partial charge >= 0.3 is 0 Å². The van der Waals surface area contributed by atoms with Gasteiger partial charge < -0.3 is 4.74 Å². The number of methoxy groups -OCH3 is 1. The minimum absolute atomic E-state index is 0.220. The minimum Gasteiger partial charge on any atom is -0.495 e. The number of pyridine rings is 1. The highest BCUT2D eigenvalue weighted by atomic mass is 35.5. The SMILES string of the molecule is COc1cncc(-c2cc(Cl)n[nH]c2=O)c1. The van der Waals surface area contributed by atoms with E-state index in [0.717, 1.165) is 0 Å². The fourth-order valence-corrected chi connectivity index (χ4v) is 1.42. The van der Waals surface area contributed by atoms with Crippen LogP contribution in [0.15, 0.2) is 29.3 Å². The Labute approximate surface area is 96.1 Å². The maximum Gasteiger partial charge on any atom is 0.272 e. The topological polar surface area (TPSA) is 67.9 Å². The second kappa shape index (κ2) is 4.32. The maximum atomic E-state index is 11.5. The third-order valence-electron chi connectivity index (χ3n) is 2.03. The number of rotatable bonds is 2. The van der Waals surface area contributed by atoms with Gasteiger partial charge in [0.05, 0.1) is 18.9 Å². The lowest BCUT2D eigenvalue weighted by Gasteiger charge is -2.02. The largest absolute Gasteiger partial charge is 0.495 e. The highest BCUT2D eigenvalue weighted by molar-refractivity contribution is 6.29. The van der Waals surface area contributed by atoms with Crippen LogP contribution in [0.2, 0.25) is 5.15 Å². The summed E-state index contributed by atoms with van der Waals surface area (Å²) in [5.41, 5.74) is 0.718. The average molecular weight is 238 g/mol. The Morgan fingerprint density at radius 2 is 2.19 bits per heavy atom. The number of halogens is 1. The molecule has 0 saturated heterocycles. The molecule has 0 amide bonds. The standard InChI is InChI=1S/C10H8ClN3O2/c1-16-7-2-6(4-12-5-7)8-3-9(11)13-14-10(8)15/h2-5H,1H3,(H,14,15). The van der Waals surface area contributed by atoms with Gasteiger partial charge in [-0.15, -0.1) is 0 Å². The van der Waals surface area contributed by atoms with Crippen molar-refractivity contribution in [3.8, 4) is 16.9 Å². The Bertz CT molecular complexity index is 568. The van der Waals surface area contributed by atoms with Gasteiger partial charge in [-0.3, -0.25) is 9.78 Å². The van der Waals surface area contributed by atoms with E-state index in [1.165, 1.54) is 13.2 Å². The molecule has 0 bridgehead atoms. The van der Waals surface area contributed by atoms with Gasteiger partial charge in [0.15, 0.2) is 0 Å². The zero-order valence-electron chi connectivity index (χ0n) is 8.40. The molecule has 5 nitrogen and oxygen atoms in total. The molecule has 2 rings (SSSR count). The van der Waals surface area contributed by atoms with Crippen molar-refractivity contribution in [1.82, 2.24) is 15.2 Å². The Kier molecular flexibility index (Phi) is 2.87. The first-order valence-electron chi connectivity index (χ1n) is 4.45. The van der Waals surface area contributed by atoms with E-state index in [1.54, 1.807) is 18.5 Å². The fourth-order valence-electron chi connectivity index (χ4n) is 1.27. The maximum absolute atomic E-state index is 11.5. The van der Waals surface area contributed by atoms with Crippen LogP contribution in [0, 0.1) is 0 Å². The van der Waals surface area contributed by atoms with E-state index in [1.807, 2.05) is 0 Å². The second-order valence-corrected chi connectivity index (χ2v) is 3.43. The van der Waals surface area contributed by atoms with Crippen LogP contribution in [0.25, 0.3) is 11.1 Å². The molecule has 82 valence electrons. The summed E-state index contributed by atoms with van der Waals surface area (Å²) in [6.45, 7) is 0. The van der Waals surface area contributed by atoms with E-state index in [9.17, 15) is 4.79 Å². The van der Waals surface area contributed by atoms with E-state index >= 15 is 0 Å². The smallest absolute Gasteiger partial charge is 0.272 e. The van der Waals surface area contributed by atoms with Crippen LogP contribution in [0.4, 0.5) is 0 Å². The molecule has 0 unspecified atom stereocenters. The number of aromatic amines is 1. The summed E-state index contributed by atoms with van der Waals surface area (Å²) < 4.78 is 5.02. The molecule has 6 heteroatoms. The molecule has 2 aromatic heterocycles. The van der Waals surface area contributed by atoms with Crippen LogP contribution in [0.1, 0.15) is 0 Å². The molecule has 0 fully saturated rings. The van der Waals surface area contributed by atoms with Gasteiger partial charge in [-0.25, -0.2) is 5.10 Å². The molecular weight excluding hydrogens is 230 g/mol. The number of hydrogen-bond donors (Lipinski definition) is 1. The number of ether oxygens (including phenoxy) is 1. The van der Waals surface area contributed by atoms with Crippen molar-refractivity contribution in [2.75, 3.05) is 7.11 Å². The molecule has 0 radical (unpaired) electrons. The summed E-state index contributed by atoms with van der Waals surface area (Å²) in [4.78, 5) is 15.5. The van der Waals surface area contributed by atoms with Crippen molar-refractivity contribution in [3.63, 3.8) is 0 Å². The predicted octanol–water partition coefficient (Wildman–Crippen LogP) is 1.49. The number of nitrogens with one attached hydrogen (secondary N) is 1. The van der Waals surface area contributed by atoms with E-state index in [4.69, 9.17) is 16.3 Å². The van der Waals surface area contributed by atoms with E-state index in [2.05, 4.69) is 15.2 Å². The number of hydrogen-bond acceptors (Lipinski definition) is 4. The van der Waals surface area contributed by atoms with Crippen molar-refractivity contribution in [2.24, 2.45) is 0 Å². The monoisotopic (exact) mass is 237 g/mol. The quantitative estimate of drug-likeness (QED) is 0.859. The molecule has 0 atom stereocenters. The van der Waals surface area contributed by atoms with Crippen LogP contribution in [-0.2, 0) is 0 Å². The highest BCUT2D eigenvalue weighted by Crippen LogP contribution is 2.20. The van der Waals surface area contributed by atoms with E-state index < -0.39 is 0 Å². The predicted molar refractivity (Wildman–Crippen MR) is 59.7 cm³/mol. The number of H-pyrrole nitrogens is 1. The zero-order chi connectivity index (χ0) is 11.5. The minimum atomic E-state index is -0.320. The lowest BCUT2D eigenvalue weighted by molar-refractivity contribution is 0.413. The van der Waals surface area contributed by atoms with Gasteiger partial charge in [0.25, 0.3) is 5.56 Å². The molecule has 0 spiro atoms. The van der Waals surface area contributed by atoms with Gasteiger partial charge in [0, 0.05) is 11.8 Å². The Balaban J connectivity index is 2.58. The summed E-state index contributed by atoms with van der Waals surface area (Å²) >= 11 is 5.71. The van der Waals surface area contributed by atoms with Gasteiger partial charge in [0.1, 0.15) is 10.9 Å². The average Bonchev–Trinajstić information content (AvgIpc) is 2.32. The van der Waals surface area contributed by atoms with Crippen molar-refractivity contribution < 1.29 is 4.74 Å². The molecule has 0 aliphatic carbocycles. The molecule has 16 heavy (non-hydrogen) atoms. The van der Waals surface area contributed by atoms with Crippen molar-refractivity contribution >= 4 is 11.6 Å². The number of aromatic nitrogens is 3. The van der Waals surface area contributed by atoms with Crippen LogP contribution >= 0.6 is 11.6 Å². The molecule has 1 N–H and O–H groups in total. The Morgan fingerprint density at radius 3 is 2.94 bits per heavy atom. The Morgan fingerprint density at radius 1 is 1.38 bits per heavy atom. The molecule has 2 aromatic rings. The van der Waals surface area contributed by atoms with Gasteiger partial charge in [0.2, 0.25) is 0 Å². The third kappa shape index (κ3) is 2.04. The normalized spacial score (nSPS) is 10.1. The summed E-state index contributed by atoms with van der Waals surface area (Å²) in [7, 11) is 1.53. The van der Waals surface area contributed by atoms with E-state index in [0.29, 0.717) is 16.9 Å². The lowest BCUT2D eigenvalue weighted by Crippen LogP contribution is -2.10. The van der Waals surface area contributed by atoms with Crippen molar-refractivity contribution in [1.29, 1.82) is 0 Å². The first-order valence-corrected chi connectivity index (χ1v) is 4.83. The first kappa shape index (κ1) is 10.6. The molecule has 0 aliphatic rings. The van der Waals surface area contributed by atoms with E-state index in [-0.39, 0.29) is 10.7 Å². The molecule has 2 heterocycles. The summed E-state index contributed by atoms with van der Waals surface area (Å²) in [5.74, 6) is 0.574. The van der Waals surface area contributed by atoms with Crippen molar-refractivity contribution in [3.05, 3.63) is 40.0 Å². The summed E-state index contributed by atoms with van der Waals surface area (Å²) in [5, 5.41) is 6.10. The zero-order valence-corrected chi connectivity index (χ0v) is 9.15. The van der Waals surface area contributed by atoms with Crippen LogP contribution in [-0.4, -0.2) is 22.3 Å². The van der Waals surface area contributed by atoms with Crippen molar-refractivity contribution in [2.45, 2.75) is 0 Å². The van der Waals surface area contributed by atoms with Gasteiger partial charge in [-0.05, 0) is 12.1 Å². The molecule has 0 saturated carbocycles. The highest BCUT2D eigenvalue weighted by Gasteiger charge is 2.06. The lowest BCUT2D eigenvalue weighted by atomic mass is 10.1.